The van der Waals surface area contributed by atoms with Crippen LogP contribution in [0.5, 0.6) is 0 Å². The maximum atomic E-state index is 14.3. The normalized spacial score (nSPS) is 15.6. The molecular weight excluding hydrogens is 447 g/mol. The highest BCUT2D eigenvalue weighted by Crippen LogP contribution is 2.20. The highest BCUT2D eigenvalue weighted by Gasteiger charge is 2.15. The Morgan fingerprint density at radius 3 is 2.31 bits per heavy atom. The first kappa shape index (κ1) is 31.2. The Bertz CT molecular complexity index is 1070. The summed E-state index contributed by atoms with van der Waals surface area (Å²) < 4.78 is 19.6. The summed E-state index contributed by atoms with van der Waals surface area (Å²) in [7, 11) is 0. The number of hydrogen-bond acceptors (Lipinski definition) is 3. The smallest absolute Gasteiger partial charge is 0.127 e. The zero-order chi connectivity index (χ0) is 26.9. The molecule has 0 aliphatic carbocycles. The number of morpholine rings is 1. The first-order valence-electron chi connectivity index (χ1n) is 13.0. The molecule has 2 aromatic carbocycles. The number of fused-ring (bicyclic) bond motifs is 1. The summed E-state index contributed by atoms with van der Waals surface area (Å²) in [6.07, 6.45) is 6.08. The van der Waals surface area contributed by atoms with Gasteiger partial charge in [-0.15, -0.1) is 0 Å². The summed E-state index contributed by atoms with van der Waals surface area (Å²) in [6.45, 7) is 21.3. The Hall–Kier alpha value is -2.82. The van der Waals surface area contributed by atoms with Gasteiger partial charge in [-0.05, 0) is 62.1 Å². The number of nitrogens with zero attached hydrogens (tertiary/aromatic N) is 2. The fourth-order valence-corrected chi connectivity index (χ4v) is 3.55. The van der Waals surface area contributed by atoms with Crippen LogP contribution >= 0.6 is 0 Å². The number of aryl methyl sites for hydroxylation is 1. The Morgan fingerprint density at radius 2 is 1.69 bits per heavy atom. The van der Waals surface area contributed by atoms with Crippen LogP contribution in [0, 0.1) is 0 Å². The maximum absolute atomic E-state index is 14.3. The molecule has 0 aromatic heterocycles. The predicted molar refractivity (Wildman–Crippen MR) is 157 cm³/mol. The van der Waals surface area contributed by atoms with Crippen molar-refractivity contribution in [1.82, 2.24) is 4.90 Å². The number of ether oxygens (including phenoxy) is 1. The van der Waals surface area contributed by atoms with Crippen molar-refractivity contribution in [2.24, 2.45) is 4.99 Å². The standard InChI is InChI=1S/C18H27FN2O.C12H12.C2H6/c1-6-7-8-17(19)15(4)18(20-16(5)14(2)3)13-21-9-11-22-12-10-21;1-2-10-7-5-8-11-6-3-4-9-12(10)11;1-2/h6-8H,2,9-13H2,1,3-5H3;3-9H,2H2,1H3;1-2H3/b7-6-,17-8+,18-15+,20-16?;;. The first-order valence-corrected chi connectivity index (χ1v) is 13.0. The fourth-order valence-electron chi connectivity index (χ4n) is 3.55. The SMILES string of the molecule is C=C(C)C(C)=N/C(CN1CCOCC1)=C(C)/C(F)=C\C=C/C.CC.CCc1cccc2ccccc12. The number of allylic oxidation sites excluding steroid dienone is 6. The molecule has 36 heavy (non-hydrogen) atoms. The van der Waals surface area contributed by atoms with Crippen LogP contribution in [-0.4, -0.2) is 43.5 Å². The third-order valence-corrected chi connectivity index (χ3v) is 5.88. The molecule has 3 rings (SSSR count). The van der Waals surface area contributed by atoms with E-state index in [1.54, 1.807) is 19.1 Å². The first-order chi connectivity index (χ1) is 17.4. The molecule has 0 N–H and O–H groups in total. The molecule has 4 heteroatoms. The molecule has 1 aliphatic heterocycles. The van der Waals surface area contributed by atoms with Crippen molar-refractivity contribution < 1.29 is 9.13 Å². The fraction of sp³-hybridized carbons (Fsp3) is 0.406. The van der Waals surface area contributed by atoms with Crippen molar-refractivity contribution in [3.63, 3.8) is 0 Å². The van der Waals surface area contributed by atoms with E-state index in [4.69, 9.17) is 4.74 Å². The third kappa shape index (κ3) is 10.4. The van der Waals surface area contributed by atoms with E-state index in [1.807, 2.05) is 34.6 Å². The highest BCUT2D eigenvalue weighted by molar-refractivity contribution is 5.97. The molecule has 0 spiro atoms. The van der Waals surface area contributed by atoms with Crippen molar-refractivity contribution in [3.05, 3.63) is 95.5 Å². The molecule has 2 aromatic rings. The average Bonchev–Trinajstić information content (AvgIpc) is 2.92. The molecular formula is C32H45FN2O. The minimum absolute atomic E-state index is 0.250. The number of benzene rings is 2. The van der Waals surface area contributed by atoms with Crippen molar-refractivity contribution >= 4 is 16.5 Å². The molecule has 1 aliphatic rings. The zero-order valence-corrected chi connectivity index (χ0v) is 23.4. The number of halogens is 1. The van der Waals surface area contributed by atoms with Crippen LogP contribution in [0.25, 0.3) is 10.8 Å². The van der Waals surface area contributed by atoms with Gasteiger partial charge in [0.05, 0.1) is 18.9 Å². The van der Waals surface area contributed by atoms with Crippen LogP contribution in [0.15, 0.2) is 94.9 Å². The lowest BCUT2D eigenvalue weighted by Crippen LogP contribution is -2.37. The topological polar surface area (TPSA) is 24.8 Å². The van der Waals surface area contributed by atoms with Gasteiger partial charge in [0.15, 0.2) is 0 Å². The predicted octanol–water partition coefficient (Wildman–Crippen LogP) is 8.49. The Morgan fingerprint density at radius 1 is 1.06 bits per heavy atom. The number of rotatable bonds is 7. The molecule has 0 unspecified atom stereocenters. The molecule has 1 saturated heterocycles. The number of hydrogen-bond donors (Lipinski definition) is 0. The highest BCUT2D eigenvalue weighted by atomic mass is 19.1. The van der Waals surface area contributed by atoms with Crippen LogP contribution in [0.3, 0.4) is 0 Å². The Kier molecular flexibility index (Phi) is 15.2. The van der Waals surface area contributed by atoms with Gasteiger partial charge in [-0.25, -0.2) is 4.39 Å². The van der Waals surface area contributed by atoms with Gasteiger partial charge < -0.3 is 4.74 Å². The van der Waals surface area contributed by atoms with E-state index in [1.165, 1.54) is 22.4 Å². The van der Waals surface area contributed by atoms with Gasteiger partial charge >= 0.3 is 0 Å². The molecule has 1 fully saturated rings. The summed E-state index contributed by atoms with van der Waals surface area (Å²) in [4.78, 5) is 6.85. The van der Waals surface area contributed by atoms with Crippen LogP contribution in [0.2, 0.25) is 0 Å². The van der Waals surface area contributed by atoms with E-state index in [0.29, 0.717) is 25.3 Å². The number of aliphatic imine (C=N–C) groups is 1. The minimum Gasteiger partial charge on any atom is -0.379 e. The van der Waals surface area contributed by atoms with Gasteiger partial charge in [0.1, 0.15) is 5.83 Å². The Balaban J connectivity index is 0.000000386. The summed E-state index contributed by atoms with van der Waals surface area (Å²) >= 11 is 0. The van der Waals surface area contributed by atoms with Crippen LogP contribution in [0.1, 0.15) is 54.0 Å². The zero-order valence-electron chi connectivity index (χ0n) is 23.4. The van der Waals surface area contributed by atoms with Gasteiger partial charge in [-0.2, -0.15) is 0 Å². The second kappa shape index (κ2) is 17.6. The lowest BCUT2D eigenvalue weighted by atomic mass is 10.0. The molecule has 0 atom stereocenters. The van der Waals surface area contributed by atoms with Crippen molar-refractivity contribution in [1.29, 1.82) is 0 Å². The molecule has 0 radical (unpaired) electrons. The van der Waals surface area contributed by atoms with E-state index in [9.17, 15) is 4.39 Å². The molecule has 3 nitrogen and oxygen atoms in total. The van der Waals surface area contributed by atoms with Gasteiger partial charge in [0.25, 0.3) is 0 Å². The van der Waals surface area contributed by atoms with Crippen molar-refractivity contribution in [3.8, 4) is 0 Å². The maximum Gasteiger partial charge on any atom is 0.127 e. The monoisotopic (exact) mass is 492 g/mol. The van der Waals surface area contributed by atoms with Gasteiger partial charge in [-0.1, -0.05) is 82.0 Å². The van der Waals surface area contributed by atoms with Crippen LogP contribution < -0.4 is 0 Å². The molecule has 0 saturated carbocycles. The molecule has 1 heterocycles. The summed E-state index contributed by atoms with van der Waals surface area (Å²) in [5, 5.41) is 2.74. The minimum atomic E-state index is -0.250. The van der Waals surface area contributed by atoms with E-state index in [2.05, 4.69) is 65.9 Å². The largest absolute Gasteiger partial charge is 0.379 e. The van der Waals surface area contributed by atoms with Crippen molar-refractivity contribution in [2.45, 2.75) is 54.9 Å². The quantitative estimate of drug-likeness (QED) is 0.286. The van der Waals surface area contributed by atoms with Gasteiger partial charge in [0.2, 0.25) is 0 Å². The second-order valence-electron chi connectivity index (χ2n) is 8.47. The third-order valence-electron chi connectivity index (χ3n) is 5.88. The Labute approximate surface area is 218 Å². The molecule has 196 valence electrons. The van der Waals surface area contributed by atoms with Gasteiger partial charge in [0, 0.05) is 30.9 Å². The van der Waals surface area contributed by atoms with E-state index >= 15 is 0 Å². The molecule has 0 amide bonds. The van der Waals surface area contributed by atoms with Gasteiger partial charge in [-0.3, -0.25) is 9.89 Å². The summed E-state index contributed by atoms with van der Waals surface area (Å²) in [5.41, 5.74) is 4.49. The second-order valence-corrected chi connectivity index (χ2v) is 8.47. The van der Waals surface area contributed by atoms with E-state index in [-0.39, 0.29) is 5.83 Å². The summed E-state index contributed by atoms with van der Waals surface area (Å²) in [5.74, 6) is -0.250. The van der Waals surface area contributed by atoms with Crippen LogP contribution in [-0.2, 0) is 11.2 Å². The lowest BCUT2D eigenvalue weighted by Gasteiger charge is -2.27. The van der Waals surface area contributed by atoms with Crippen molar-refractivity contribution in [2.75, 3.05) is 32.8 Å². The average molecular weight is 493 g/mol. The van der Waals surface area contributed by atoms with E-state index < -0.39 is 0 Å². The lowest BCUT2D eigenvalue weighted by molar-refractivity contribution is 0.0421. The van der Waals surface area contributed by atoms with E-state index in [0.717, 1.165) is 36.5 Å². The molecule has 0 bridgehead atoms. The van der Waals surface area contributed by atoms with Crippen LogP contribution in [0.4, 0.5) is 4.39 Å². The summed E-state index contributed by atoms with van der Waals surface area (Å²) in [6, 6.07) is 15.0.